The number of aromatic nitrogens is 2. The lowest BCUT2D eigenvalue weighted by Gasteiger charge is -2.46. The van der Waals surface area contributed by atoms with Gasteiger partial charge in [0, 0.05) is 31.2 Å². The highest BCUT2D eigenvalue weighted by Crippen LogP contribution is 2.45. The third-order valence-electron chi connectivity index (χ3n) is 10.9. The molecule has 1 amide bonds. The predicted molar refractivity (Wildman–Crippen MR) is 171 cm³/mol. The molecule has 3 aliphatic heterocycles. The fraction of sp³-hybridized carbons (Fsp3) is 0.459. The second-order valence-electron chi connectivity index (χ2n) is 13.3. The Morgan fingerprint density at radius 3 is 2.33 bits per heavy atom. The van der Waals surface area contributed by atoms with E-state index in [9.17, 15) is 9.90 Å². The number of imidazole rings is 1. The van der Waals surface area contributed by atoms with E-state index in [0.717, 1.165) is 42.7 Å². The Hall–Kier alpha value is -3.48. The van der Waals surface area contributed by atoms with Crippen LogP contribution in [0.1, 0.15) is 79.6 Å². The van der Waals surface area contributed by atoms with Crippen molar-refractivity contribution >= 4 is 16.9 Å². The molecule has 0 spiro atoms. The van der Waals surface area contributed by atoms with E-state index in [-0.39, 0.29) is 11.3 Å². The van der Waals surface area contributed by atoms with Crippen molar-refractivity contribution in [3.05, 3.63) is 101 Å². The molecular formula is C37H44N4O2. The van der Waals surface area contributed by atoms with Crippen molar-refractivity contribution in [2.45, 2.75) is 88.4 Å². The van der Waals surface area contributed by atoms with Crippen molar-refractivity contribution in [1.82, 2.24) is 19.4 Å². The lowest BCUT2D eigenvalue weighted by Crippen LogP contribution is -2.49. The van der Waals surface area contributed by atoms with Gasteiger partial charge in [-0.3, -0.25) is 9.69 Å². The Morgan fingerprint density at radius 1 is 0.907 bits per heavy atom. The van der Waals surface area contributed by atoms with Gasteiger partial charge in [0.25, 0.3) is 5.91 Å². The number of hydrogen-bond donors (Lipinski definition) is 1. The Balaban J connectivity index is 1.05. The number of carbonyl (C=O) groups is 1. The molecule has 0 aliphatic carbocycles. The van der Waals surface area contributed by atoms with Gasteiger partial charge in [-0.05, 0) is 94.0 Å². The Morgan fingerprint density at radius 2 is 1.60 bits per heavy atom. The third kappa shape index (κ3) is 5.29. The number of carbonyl (C=O) groups excluding carboxylic acids is 1. The number of nitrogens with zero attached hydrogens (tertiary/aromatic N) is 4. The molecular weight excluding hydrogens is 532 g/mol. The van der Waals surface area contributed by atoms with Crippen LogP contribution in [-0.2, 0) is 10.2 Å². The average Bonchev–Trinajstić information content (AvgIpc) is 3.50. The van der Waals surface area contributed by atoms with Crippen LogP contribution in [0.3, 0.4) is 0 Å². The number of rotatable bonds is 7. The molecule has 2 bridgehead atoms. The topological polar surface area (TPSA) is 61.6 Å². The van der Waals surface area contributed by atoms with Gasteiger partial charge < -0.3 is 14.6 Å². The summed E-state index contributed by atoms with van der Waals surface area (Å²) in [4.78, 5) is 22.9. The van der Waals surface area contributed by atoms with E-state index in [1.165, 1.54) is 36.8 Å². The minimum atomic E-state index is -1.10. The molecule has 3 aromatic carbocycles. The predicted octanol–water partition coefficient (Wildman–Crippen LogP) is 6.51. The average molecular weight is 577 g/mol. The summed E-state index contributed by atoms with van der Waals surface area (Å²) < 4.78 is 2.52. The quantitative estimate of drug-likeness (QED) is 0.273. The summed E-state index contributed by atoms with van der Waals surface area (Å²) in [5, 5.41) is 10.9. The van der Waals surface area contributed by atoms with Crippen LogP contribution < -0.4 is 0 Å². The minimum absolute atomic E-state index is 0.0414. The molecule has 4 heterocycles. The largest absolute Gasteiger partial charge is 0.378 e. The molecule has 2 unspecified atom stereocenters. The number of fused-ring (bicyclic) bond motifs is 3. The number of aliphatic hydroxyl groups excluding tert-OH is 1. The molecule has 3 fully saturated rings. The molecule has 3 atom stereocenters. The molecule has 43 heavy (non-hydrogen) atoms. The van der Waals surface area contributed by atoms with E-state index in [4.69, 9.17) is 4.98 Å². The molecule has 0 saturated carbocycles. The van der Waals surface area contributed by atoms with Gasteiger partial charge in [0.1, 0.15) is 5.82 Å². The maximum atomic E-state index is 13.4. The monoisotopic (exact) mass is 576 g/mol. The SMILES string of the molecule is Cc1cccc([C@@H](O)C(=O)N2CCC(CCN3C4CCC3CC(n3c(C)nc5ccccc53)C4)(c3ccccc3)CC2)c1. The molecule has 224 valence electrons. The standard InChI is InChI=1S/C37H44N4O2/c1-26-9-8-10-28(23-26)35(42)36(43)39-20-17-37(18-21-39,29-11-4-3-5-12-29)19-22-40-30-15-16-31(40)25-32(24-30)41-27(2)38-33-13-6-7-14-34(33)41/h3-14,23,30-32,35,42H,15-22,24-25H2,1-2H3/t30?,31?,32?,35-/m1/s1. The minimum Gasteiger partial charge on any atom is -0.378 e. The van der Waals surface area contributed by atoms with Gasteiger partial charge in [-0.25, -0.2) is 4.98 Å². The lowest BCUT2D eigenvalue weighted by molar-refractivity contribution is -0.142. The van der Waals surface area contributed by atoms with Gasteiger partial charge in [0.05, 0.1) is 11.0 Å². The van der Waals surface area contributed by atoms with Crippen molar-refractivity contribution in [1.29, 1.82) is 0 Å². The highest BCUT2D eigenvalue weighted by atomic mass is 16.3. The van der Waals surface area contributed by atoms with Gasteiger partial charge in [-0.1, -0.05) is 72.3 Å². The van der Waals surface area contributed by atoms with Crippen LogP contribution in [0.15, 0.2) is 78.9 Å². The Labute approximate surface area is 255 Å². The number of benzene rings is 3. The maximum Gasteiger partial charge on any atom is 0.256 e. The molecule has 0 radical (unpaired) electrons. The van der Waals surface area contributed by atoms with E-state index in [2.05, 4.69) is 71.0 Å². The summed E-state index contributed by atoms with van der Waals surface area (Å²) in [7, 11) is 0. The fourth-order valence-electron chi connectivity index (χ4n) is 8.58. The number of aryl methyl sites for hydroxylation is 2. The number of hydrogen-bond acceptors (Lipinski definition) is 4. The number of amides is 1. The first-order valence-electron chi connectivity index (χ1n) is 16.2. The molecule has 6 nitrogen and oxygen atoms in total. The number of aliphatic hydroxyl groups is 1. The summed E-state index contributed by atoms with van der Waals surface area (Å²) in [5.41, 5.74) is 5.55. The van der Waals surface area contributed by atoms with E-state index in [1.807, 2.05) is 36.1 Å². The van der Waals surface area contributed by atoms with Crippen molar-refractivity contribution in [2.75, 3.05) is 19.6 Å². The van der Waals surface area contributed by atoms with Gasteiger partial charge in [-0.2, -0.15) is 0 Å². The number of piperidine rings is 2. The van der Waals surface area contributed by atoms with Crippen molar-refractivity contribution in [3.8, 4) is 0 Å². The highest BCUT2D eigenvalue weighted by molar-refractivity contribution is 5.82. The van der Waals surface area contributed by atoms with Gasteiger partial charge in [-0.15, -0.1) is 0 Å². The zero-order chi connectivity index (χ0) is 29.6. The molecule has 1 aromatic heterocycles. The first-order chi connectivity index (χ1) is 20.9. The van der Waals surface area contributed by atoms with Crippen LogP contribution in [0.2, 0.25) is 0 Å². The van der Waals surface area contributed by atoms with Gasteiger partial charge in [0.2, 0.25) is 0 Å². The molecule has 6 heteroatoms. The third-order valence-corrected chi connectivity index (χ3v) is 10.9. The van der Waals surface area contributed by atoms with Crippen LogP contribution in [0.4, 0.5) is 0 Å². The van der Waals surface area contributed by atoms with Gasteiger partial charge >= 0.3 is 0 Å². The van der Waals surface area contributed by atoms with Crippen LogP contribution in [-0.4, -0.2) is 62.1 Å². The molecule has 7 rings (SSSR count). The fourth-order valence-corrected chi connectivity index (χ4v) is 8.58. The zero-order valence-corrected chi connectivity index (χ0v) is 25.5. The Kier molecular flexibility index (Phi) is 7.60. The number of likely N-dealkylation sites (tertiary alicyclic amines) is 1. The molecule has 3 aliphatic rings. The zero-order valence-electron chi connectivity index (χ0n) is 25.5. The lowest BCUT2D eigenvalue weighted by atomic mass is 9.70. The van der Waals surface area contributed by atoms with E-state index in [0.29, 0.717) is 36.8 Å². The summed E-state index contributed by atoms with van der Waals surface area (Å²) in [5.74, 6) is 0.964. The summed E-state index contributed by atoms with van der Waals surface area (Å²) in [6, 6.07) is 29.0. The van der Waals surface area contributed by atoms with Crippen LogP contribution in [0.5, 0.6) is 0 Å². The number of para-hydroxylation sites is 2. The van der Waals surface area contributed by atoms with Crippen LogP contribution in [0, 0.1) is 13.8 Å². The molecule has 4 aromatic rings. The summed E-state index contributed by atoms with van der Waals surface area (Å²) in [6.07, 6.45) is 6.80. The second-order valence-corrected chi connectivity index (χ2v) is 13.3. The van der Waals surface area contributed by atoms with E-state index in [1.54, 1.807) is 0 Å². The first-order valence-corrected chi connectivity index (χ1v) is 16.2. The van der Waals surface area contributed by atoms with Crippen molar-refractivity contribution < 1.29 is 9.90 Å². The van der Waals surface area contributed by atoms with E-state index >= 15 is 0 Å². The van der Waals surface area contributed by atoms with Gasteiger partial charge in [0.15, 0.2) is 6.10 Å². The van der Waals surface area contributed by atoms with Crippen molar-refractivity contribution in [2.24, 2.45) is 0 Å². The first kappa shape index (κ1) is 28.3. The smallest absolute Gasteiger partial charge is 0.256 e. The van der Waals surface area contributed by atoms with Crippen LogP contribution >= 0.6 is 0 Å². The maximum absolute atomic E-state index is 13.4. The second kappa shape index (κ2) is 11.5. The highest BCUT2D eigenvalue weighted by Gasteiger charge is 2.44. The summed E-state index contributed by atoms with van der Waals surface area (Å²) >= 11 is 0. The Bertz CT molecular complexity index is 1570. The van der Waals surface area contributed by atoms with E-state index < -0.39 is 6.10 Å². The molecule has 1 N–H and O–H groups in total. The normalized spacial score (nSPS) is 24.3. The molecule has 3 saturated heterocycles. The van der Waals surface area contributed by atoms with Crippen LogP contribution in [0.25, 0.3) is 11.0 Å². The summed E-state index contributed by atoms with van der Waals surface area (Å²) in [6.45, 7) is 6.61. The van der Waals surface area contributed by atoms with Crippen molar-refractivity contribution in [3.63, 3.8) is 0 Å².